The number of hydrogen-bond donors (Lipinski definition) is 2. The molecule has 0 bridgehead atoms. The van der Waals surface area contributed by atoms with Crippen LogP contribution in [0.1, 0.15) is 37.7 Å². The Labute approximate surface area is 146 Å². The van der Waals surface area contributed by atoms with Crippen LogP contribution in [0.2, 0.25) is 0 Å². The first kappa shape index (κ1) is 17.0. The van der Waals surface area contributed by atoms with Crippen LogP contribution in [0.5, 0.6) is 5.75 Å². The highest BCUT2D eigenvalue weighted by molar-refractivity contribution is 6.21. The van der Waals surface area contributed by atoms with Crippen molar-refractivity contribution in [2.45, 2.75) is 32.1 Å². The number of phenols is 1. The molecule has 3 rings (SSSR count). The number of hydrogen-bond acceptors (Lipinski definition) is 4. The van der Waals surface area contributed by atoms with Crippen LogP contribution in [-0.2, 0) is 9.59 Å². The van der Waals surface area contributed by atoms with Crippen molar-refractivity contribution in [3.63, 3.8) is 0 Å². The average Bonchev–Trinajstić information content (AvgIpc) is 2.61. The van der Waals surface area contributed by atoms with Crippen molar-refractivity contribution in [1.29, 1.82) is 0 Å². The monoisotopic (exact) mass is 336 g/mol. The van der Waals surface area contributed by atoms with E-state index in [0.717, 1.165) is 16.7 Å². The molecule has 0 saturated carbocycles. The number of allylic oxidation sites excluding steroid dienone is 2. The molecule has 0 saturated heterocycles. The molecule has 128 valence electrons. The number of carbonyl (C=O) groups excluding carboxylic acids is 2. The minimum absolute atomic E-state index is 0.0184. The molecule has 2 aromatic carbocycles. The maximum Gasteiger partial charge on any atom is 0.170 e. The number of aliphatic hydroxyl groups is 1. The Hall–Kier alpha value is -2.88. The van der Waals surface area contributed by atoms with Crippen LogP contribution >= 0.6 is 0 Å². The first-order valence-corrected chi connectivity index (χ1v) is 8.37. The maximum absolute atomic E-state index is 12.2. The molecular formula is C21H20O4. The summed E-state index contributed by atoms with van der Waals surface area (Å²) in [5.74, 6) is -0.579. The molecule has 1 aliphatic carbocycles. The molecule has 4 heteroatoms. The topological polar surface area (TPSA) is 74.6 Å². The van der Waals surface area contributed by atoms with Crippen molar-refractivity contribution in [1.82, 2.24) is 0 Å². The summed E-state index contributed by atoms with van der Waals surface area (Å²) in [4.78, 5) is 24.0. The van der Waals surface area contributed by atoms with Gasteiger partial charge in [-0.1, -0.05) is 43.3 Å². The second-order valence-electron chi connectivity index (χ2n) is 6.30. The second-order valence-corrected chi connectivity index (χ2v) is 6.30. The summed E-state index contributed by atoms with van der Waals surface area (Å²) >= 11 is 0. The molecule has 0 amide bonds. The van der Waals surface area contributed by atoms with Crippen LogP contribution in [-0.4, -0.2) is 21.8 Å². The summed E-state index contributed by atoms with van der Waals surface area (Å²) < 4.78 is 0. The standard InChI is InChI=1S/C21H20O4/c1-2-18(23)21-19(24)11-16(12-20(21)25)14-8-6-13(7-9-14)15-4-3-5-17(22)10-15/h3-10,16,22,24H,2,11-12H2,1H3. The quantitative estimate of drug-likeness (QED) is 0.817. The van der Waals surface area contributed by atoms with Crippen molar-refractivity contribution < 1.29 is 19.8 Å². The summed E-state index contributed by atoms with van der Waals surface area (Å²) in [5.41, 5.74) is 2.80. The zero-order chi connectivity index (χ0) is 18.0. The normalized spacial score (nSPS) is 17.6. The number of aromatic hydroxyl groups is 1. The molecule has 2 aromatic rings. The smallest absolute Gasteiger partial charge is 0.170 e. The SMILES string of the molecule is CCC(=O)C1=C(O)CC(c2ccc(-c3cccc(O)c3)cc2)CC1=O. The Morgan fingerprint density at radius 1 is 1.04 bits per heavy atom. The number of phenolic OH excluding ortho intramolecular Hbond substituents is 1. The van der Waals surface area contributed by atoms with Crippen molar-refractivity contribution in [2.75, 3.05) is 0 Å². The fourth-order valence-electron chi connectivity index (χ4n) is 3.26. The van der Waals surface area contributed by atoms with Gasteiger partial charge in [0, 0.05) is 19.3 Å². The predicted molar refractivity (Wildman–Crippen MR) is 95.5 cm³/mol. The largest absolute Gasteiger partial charge is 0.511 e. The van der Waals surface area contributed by atoms with E-state index >= 15 is 0 Å². The third-order valence-electron chi connectivity index (χ3n) is 4.60. The highest BCUT2D eigenvalue weighted by atomic mass is 16.3. The molecular weight excluding hydrogens is 316 g/mol. The van der Waals surface area contributed by atoms with E-state index in [-0.39, 0.29) is 47.4 Å². The summed E-state index contributed by atoms with van der Waals surface area (Å²) in [6.07, 6.45) is 0.753. The Bertz CT molecular complexity index is 846. The molecule has 1 unspecified atom stereocenters. The van der Waals surface area contributed by atoms with E-state index in [1.54, 1.807) is 25.1 Å². The molecule has 0 aromatic heterocycles. The number of aliphatic hydroxyl groups excluding tert-OH is 1. The third kappa shape index (κ3) is 3.48. The minimum Gasteiger partial charge on any atom is -0.511 e. The molecule has 25 heavy (non-hydrogen) atoms. The lowest BCUT2D eigenvalue weighted by atomic mass is 9.81. The van der Waals surface area contributed by atoms with Gasteiger partial charge in [0.2, 0.25) is 0 Å². The Morgan fingerprint density at radius 3 is 2.36 bits per heavy atom. The van der Waals surface area contributed by atoms with Gasteiger partial charge in [-0.2, -0.15) is 0 Å². The summed E-state index contributed by atoms with van der Waals surface area (Å²) in [5, 5.41) is 19.7. The van der Waals surface area contributed by atoms with Crippen LogP contribution in [0.25, 0.3) is 11.1 Å². The molecule has 0 spiro atoms. The van der Waals surface area contributed by atoms with Crippen LogP contribution in [0.15, 0.2) is 59.9 Å². The zero-order valence-corrected chi connectivity index (χ0v) is 14.0. The first-order chi connectivity index (χ1) is 12.0. The summed E-state index contributed by atoms with van der Waals surface area (Å²) in [7, 11) is 0. The Balaban J connectivity index is 1.83. The lowest BCUT2D eigenvalue weighted by molar-refractivity contribution is -0.122. The van der Waals surface area contributed by atoms with Gasteiger partial charge in [-0.05, 0) is 34.7 Å². The average molecular weight is 336 g/mol. The Kier molecular flexibility index (Phi) is 4.70. The van der Waals surface area contributed by atoms with E-state index in [2.05, 4.69) is 0 Å². The van der Waals surface area contributed by atoms with Crippen molar-refractivity contribution in [3.05, 3.63) is 65.4 Å². The number of carbonyl (C=O) groups is 2. The van der Waals surface area contributed by atoms with E-state index in [1.807, 2.05) is 30.3 Å². The molecule has 1 atom stereocenters. The van der Waals surface area contributed by atoms with Gasteiger partial charge in [0.15, 0.2) is 11.6 Å². The van der Waals surface area contributed by atoms with E-state index < -0.39 is 0 Å². The van der Waals surface area contributed by atoms with Gasteiger partial charge in [-0.25, -0.2) is 0 Å². The first-order valence-electron chi connectivity index (χ1n) is 8.37. The fourth-order valence-corrected chi connectivity index (χ4v) is 3.26. The van der Waals surface area contributed by atoms with Gasteiger partial charge >= 0.3 is 0 Å². The van der Waals surface area contributed by atoms with E-state index in [4.69, 9.17) is 0 Å². The molecule has 0 fully saturated rings. The lowest BCUT2D eigenvalue weighted by Gasteiger charge is -2.23. The summed E-state index contributed by atoms with van der Waals surface area (Å²) in [6, 6.07) is 14.7. The van der Waals surface area contributed by atoms with Crippen LogP contribution in [0.3, 0.4) is 0 Å². The molecule has 4 nitrogen and oxygen atoms in total. The summed E-state index contributed by atoms with van der Waals surface area (Å²) in [6.45, 7) is 1.68. The maximum atomic E-state index is 12.2. The second kappa shape index (κ2) is 6.93. The number of Topliss-reactive ketones (excluding diaryl/α,β-unsaturated/α-hetero) is 2. The van der Waals surface area contributed by atoms with E-state index in [9.17, 15) is 19.8 Å². The van der Waals surface area contributed by atoms with E-state index in [0.29, 0.717) is 6.42 Å². The molecule has 0 radical (unpaired) electrons. The van der Waals surface area contributed by atoms with Gasteiger partial charge in [-0.15, -0.1) is 0 Å². The van der Waals surface area contributed by atoms with Gasteiger partial charge in [0.05, 0.1) is 5.57 Å². The third-order valence-corrected chi connectivity index (χ3v) is 4.60. The van der Waals surface area contributed by atoms with Crippen molar-refractivity contribution in [3.8, 4) is 16.9 Å². The highest BCUT2D eigenvalue weighted by Gasteiger charge is 2.31. The van der Waals surface area contributed by atoms with E-state index in [1.165, 1.54) is 0 Å². The van der Waals surface area contributed by atoms with Gasteiger partial charge in [0.1, 0.15) is 11.5 Å². The Morgan fingerprint density at radius 2 is 1.76 bits per heavy atom. The van der Waals surface area contributed by atoms with Crippen molar-refractivity contribution in [2.24, 2.45) is 0 Å². The minimum atomic E-state index is -0.291. The number of benzene rings is 2. The lowest BCUT2D eigenvalue weighted by Crippen LogP contribution is -2.23. The van der Waals surface area contributed by atoms with Gasteiger partial charge in [-0.3, -0.25) is 9.59 Å². The fraction of sp³-hybridized carbons (Fsp3) is 0.238. The number of ketones is 2. The predicted octanol–water partition coefficient (Wildman–Crippen LogP) is 4.30. The number of rotatable bonds is 4. The highest BCUT2D eigenvalue weighted by Crippen LogP contribution is 2.35. The molecule has 0 aliphatic heterocycles. The molecule has 1 aliphatic rings. The van der Waals surface area contributed by atoms with Gasteiger partial charge < -0.3 is 10.2 Å². The van der Waals surface area contributed by atoms with Gasteiger partial charge in [0.25, 0.3) is 0 Å². The molecule has 0 heterocycles. The van der Waals surface area contributed by atoms with Crippen LogP contribution in [0.4, 0.5) is 0 Å². The zero-order valence-electron chi connectivity index (χ0n) is 14.0. The van der Waals surface area contributed by atoms with Crippen LogP contribution < -0.4 is 0 Å². The molecule has 2 N–H and O–H groups in total. The van der Waals surface area contributed by atoms with Crippen LogP contribution in [0, 0.1) is 0 Å². The van der Waals surface area contributed by atoms with Crippen molar-refractivity contribution >= 4 is 11.6 Å².